The fourth-order valence-corrected chi connectivity index (χ4v) is 3.71. The van der Waals surface area contributed by atoms with Crippen molar-refractivity contribution in [1.29, 1.82) is 0 Å². The molecule has 2 aromatic carbocycles. The number of nitrogens with zero attached hydrogens (tertiary/aromatic N) is 3. The maximum atomic E-state index is 14.2. The monoisotopic (exact) mass is 476 g/mol. The lowest BCUT2D eigenvalue weighted by molar-refractivity contribution is 0.0478. The van der Waals surface area contributed by atoms with Gasteiger partial charge in [0.1, 0.15) is 23.1 Å². The van der Waals surface area contributed by atoms with Gasteiger partial charge in [0.2, 0.25) is 0 Å². The normalized spacial score (nSPS) is 12.5. The van der Waals surface area contributed by atoms with Gasteiger partial charge in [-0.1, -0.05) is 36.4 Å². The molecule has 2 aromatic heterocycles. The summed E-state index contributed by atoms with van der Waals surface area (Å²) in [6, 6.07) is 19.1. The molecule has 1 amide bonds. The smallest absolute Gasteiger partial charge is 0.408 e. The molecule has 0 radical (unpaired) electrons. The Morgan fingerprint density at radius 3 is 2.57 bits per heavy atom. The Morgan fingerprint density at radius 2 is 1.86 bits per heavy atom. The molecule has 0 aliphatic carbocycles. The number of hydrogen-bond donors (Lipinski definition) is 1. The first-order valence-electron chi connectivity index (χ1n) is 11.5. The molecular formula is C27H29FN4O3. The third-order valence-electron chi connectivity index (χ3n) is 5.19. The summed E-state index contributed by atoms with van der Waals surface area (Å²) in [6.07, 6.45) is 1.50. The zero-order valence-corrected chi connectivity index (χ0v) is 20.1. The molecule has 0 saturated heterocycles. The van der Waals surface area contributed by atoms with Gasteiger partial charge in [0.15, 0.2) is 0 Å². The molecule has 2 heterocycles. The molecule has 0 fully saturated rings. The Morgan fingerprint density at radius 1 is 1.09 bits per heavy atom. The number of benzene rings is 2. The topological polar surface area (TPSA) is 78.3 Å². The second kappa shape index (κ2) is 10.7. The quantitative estimate of drug-likeness (QED) is 0.329. The number of carbonyl (C=O) groups excluding carboxylic acids is 1. The Bertz CT molecular complexity index is 1270. The summed E-state index contributed by atoms with van der Waals surface area (Å²) in [5.41, 5.74) is 1.54. The van der Waals surface area contributed by atoms with E-state index >= 15 is 0 Å². The van der Waals surface area contributed by atoms with E-state index in [0.29, 0.717) is 42.3 Å². The SMILES string of the molecule is CC(C)(C)OC(=O)NC(CCOCc1ccccc1)c1nc2ccc(F)cc2n1-c1ccccn1. The number of nitrogens with one attached hydrogen (secondary N) is 1. The predicted octanol–water partition coefficient (Wildman–Crippen LogP) is 5.73. The number of fused-ring (bicyclic) bond motifs is 1. The molecular weight excluding hydrogens is 447 g/mol. The van der Waals surface area contributed by atoms with E-state index in [0.717, 1.165) is 5.56 Å². The highest BCUT2D eigenvalue weighted by Crippen LogP contribution is 2.27. The second-order valence-corrected chi connectivity index (χ2v) is 9.15. The van der Waals surface area contributed by atoms with Gasteiger partial charge in [-0.3, -0.25) is 4.57 Å². The summed E-state index contributed by atoms with van der Waals surface area (Å²) in [4.78, 5) is 21.9. The number of hydrogen-bond acceptors (Lipinski definition) is 5. The number of imidazole rings is 1. The van der Waals surface area contributed by atoms with Crippen LogP contribution in [0.1, 0.15) is 44.6 Å². The minimum absolute atomic E-state index is 0.356. The fraction of sp³-hybridized carbons (Fsp3) is 0.296. The number of ether oxygens (including phenoxy) is 2. The predicted molar refractivity (Wildman–Crippen MR) is 132 cm³/mol. The summed E-state index contributed by atoms with van der Waals surface area (Å²) in [6.45, 7) is 6.21. The van der Waals surface area contributed by atoms with Crippen molar-refractivity contribution in [1.82, 2.24) is 19.9 Å². The standard InChI is InChI=1S/C27H29FN4O3/c1-27(2,3)35-26(33)31-22(14-16-34-18-19-9-5-4-6-10-19)25-30-21-13-12-20(28)17-23(21)32(25)24-11-7-8-15-29-24/h4-13,15,17,22H,14,16,18H2,1-3H3,(H,31,33). The first-order valence-corrected chi connectivity index (χ1v) is 11.5. The van der Waals surface area contributed by atoms with Gasteiger partial charge in [-0.25, -0.2) is 19.2 Å². The van der Waals surface area contributed by atoms with Crippen molar-refractivity contribution in [3.63, 3.8) is 0 Å². The lowest BCUT2D eigenvalue weighted by Gasteiger charge is -2.24. The molecule has 7 nitrogen and oxygen atoms in total. The van der Waals surface area contributed by atoms with Crippen LogP contribution >= 0.6 is 0 Å². The highest BCUT2D eigenvalue weighted by atomic mass is 19.1. The third-order valence-corrected chi connectivity index (χ3v) is 5.19. The van der Waals surface area contributed by atoms with Gasteiger partial charge in [0, 0.05) is 18.9 Å². The van der Waals surface area contributed by atoms with Crippen LogP contribution < -0.4 is 5.32 Å². The van der Waals surface area contributed by atoms with Crippen LogP contribution in [0, 0.1) is 5.82 Å². The highest BCUT2D eigenvalue weighted by molar-refractivity contribution is 5.78. The molecule has 4 aromatic rings. The van der Waals surface area contributed by atoms with Crippen molar-refractivity contribution in [3.8, 4) is 5.82 Å². The van der Waals surface area contributed by atoms with Crippen molar-refractivity contribution in [2.75, 3.05) is 6.61 Å². The van der Waals surface area contributed by atoms with E-state index in [1.165, 1.54) is 12.1 Å². The first kappa shape index (κ1) is 24.3. The molecule has 8 heteroatoms. The molecule has 182 valence electrons. The van der Waals surface area contributed by atoms with Crippen molar-refractivity contribution in [3.05, 3.63) is 90.1 Å². The maximum absolute atomic E-state index is 14.2. The largest absolute Gasteiger partial charge is 0.444 e. The van der Waals surface area contributed by atoms with Crippen LogP contribution in [0.4, 0.5) is 9.18 Å². The van der Waals surface area contributed by atoms with Gasteiger partial charge >= 0.3 is 6.09 Å². The van der Waals surface area contributed by atoms with Gasteiger partial charge < -0.3 is 14.8 Å². The van der Waals surface area contributed by atoms with E-state index in [-0.39, 0.29) is 5.82 Å². The molecule has 1 unspecified atom stereocenters. The van der Waals surface area contributed by atoms with Crippen LogP contribution in [0.5, 0.6) is 0 Å². The van der Waals surface area contributed by atoms with Gasteiger partial charge in [-0.05, 0) is 57.0 Å². The second-order valence-electron chi connectivity index (χ2n) is 9.15. The Kier molecular flexibility index (Phi) is 7.41. The number of halogens is 1. The Labute approximate surface area is 203 Å². The van der Waals surface area contributed by atoms with Crippen LogP contribution in [0.3, 0.4) is 0 Å². The van der Waals surface area contributed by atoms with Crippen molar-refractivity contribution in [2.45, 2.75) is 45.4 Å². The summed E-state index contributed by atoms with van der Waals surface area (Å²) >= 11 is 0. The third kappa shape index (κ3) is 6.42. The number of alkyl carbamates (subject to hydrolysis) is 1. The Balaban J connectivity index is 1.66. The molecule has 0 aliphatic heterocycles. The lowest BCUT2D eigenvalue weighted by Crippen LogP contribution is -2.36. The number of amides is 1. The fourth-order valence-electron chi connectivity index (χ4n) is 3.71. The number of pyridine rings is 1. The average molecular weight is 477 g/mol. The van der Waals surface area contributed by atoms with E-state index < -0.39 is 17.7 Å². The molecule has 0 bridgehead atoms. The first-order chi connectivity index (χ1) is 16.8. The van der Waals surface area contributed by atoms with E-state index in [9.17, 15) is 9.18 Å². The minimum atomic E-state index is -0.664. The van der Waals surface area contributed by atoms with E-state index in [1.807, 2.05) is 42.5 Å². The van der Waals surface area contributed by atoms with Crippen molar-refractivity contribution >= 4 is 17.1 Å². The molecule has 1 N–H and O–H groups in total. The highest BCUT2D eigenvalue weighted by Gasteiger charge is 2.26. The zero-order chi connectivity index (χ0) is 24.8. The van der Waals surface area contributed by atoms with Crippen LogP contribution in [0.2, 0.25) is 0 Å². The van der Waals surface area contributed by atoms with Crippen LogP contribution in [-0.4, -0.2) is 32.8 Å². The molecule has 35 heavy (non-hydrogen) atoms. The van der Waals surface area contributed by atoms with E-state index in [4.69, 9.17) is 14.5 Å². The van der Waals surface area contributed by atoms with Crippen LogP contribution in [0.15, 0.2) is 72.9 Å². The summed E-state index contributed by atoms with van der Waals surface area (Å²) in [5, 5.41) is 2.93. The van der Waals surface area contributed by atoms with Gasteiger partial charge in [-0.2, -0.15) is 0 Å². The average Bonchev–Trinajstić information content (AvgIpc) is 3.19. The van der Waals surface area contributed by atoms with Crippen LogP contribution in [0.25, 0.3) is 16.9 Å². The number of rotatable bonds is 8. The maximum Gasteiger partial charge on any atom is 0.408 e. The van der Waals surface area contributed by atoms with Crippen LogP contribution in [-0.2, 0) is 16.1 Å². The number of carbonyl (C=O) groups is 1. The zero-order valence-electron chi connectivity index (χ0n) is 20.1. The van der Waals surface area contributed by atoms with E-state index in [2.05, 4.69) is 10.3 Å². The van der Waals surface area contributed by atoms with Crippen molar-refractivity contribution < 1.29 is 18.7 Å². The molecule has 1 atom stereocenters. The molecule has 4 rings (SSSR count). The van der Waals surface area contributed by atoms with Gasteiger partial charge in [-0.15, -0.1) is 0 Å². The Hall–Kier alpha value is -3.78. The molecule has 0 saturated carbocycles. The van der Waals surface area contributed by atoms with E-state index in [1.54, 1.807) is 43.7 Å². The summed E-state index contributed by atoms with van der Waals surface area (Å²) in [5.74, 6) is 0.694. The van der Waals surface area contributed by atoms with Gasteiger partial charge in [0.25, 0.3) is 0 Å². The molecule has 0 aliphatic rings. The van der Waals surface area contributed by atoms with Gasteiger partial charge in [0.05, 0.1) is 23.7 Å². The minimum Gasteiger partial charge on any atom is -0.444 e. The summed E-state index contributed by atoms with van der Waals surface area (Å²) < 4.78 is 27.3. The summed E-state index contributed by atoms with van der Waals surface area (Å²) in [7, 11) is 0. The number of aromatic nitrogens is 3. The molecule has 0 spiro atoms. The van der Waals surface area contributed by atoms with Crippen molar-refractivity contribution in [2.24, 2.45) is 0 Å². The lowest BCUT2D eigenvalue weighted by atomic mass is 10.2.